The number of carbonyl (C=O) groups is 2. The first-order chi connectivity index (χ1) is 16.0. The number of aromatic nitrogens is 4. The van der Waals surface area contributed by atoms with Gasteiger partial charge in [-0.3, -0.25) is 14.6 Å². The summed E-state index contributed by atoms with van der Waals surface area (Å²) in [5.74, 6) is -0.184. The van der Waals surface area contributed by atoms with Crippen LogP contribution in [-0.2, 0) is 24.4 Å². The summed E-state index contributed by atoms with van der Waals surface area (Å²) in [7, 11) is 0. The summed E-state index contributed by atoms with van der Waals surface area (Å²) in [5.41, 5.74) is 3.14. The number of aryl methyl sites for hydroxylation is 1. The maximum Gasteiger partial charge on any atom is 0.255 e. The molecule has 1 saturated heterocycles. The van der Waals surface area contributed by atoms with Crippen LogP contribution in [-0.4, -0.2) is 55.4 Å². The van der Waals surface area contributed by atoms with E-state index in [1.165, 1.54) is 0 Å². The second-order valence-corrected chi connectivity index (χ2v) is 8.68. The monoisotopic (exact) mass is 446 g/mol. The number of piperidine rings is 1. The molecule has 2 aliphatic rings. The number of rotatable bonds is 4. The van der Waals surface area contributed by atoms with Crippen LogP contribution in [0.1, 0.15) is 50.6 Å². The first-order valence-electron chi connectivity index (χ1n) is 11.1. The molecule has 170 valence electrons. The molecule has 9 nitrogen and oxygen atoms in total. The average Bonchev–Trinajstić information content (AvgIpc) is 3.24. The predicted octanol–water partition coefficient (Wildman–Crippen LogP) is 2.12. The lowest BCUT2D eigenvalue weighted by molar-refractivity contribution is -0.122. The molecule has 33 heavy (non-hydrogen) atoms. The standard InChI is InChI=1S/C24H26N6O3/c1-17-8-9-19(12-25-17)23(32)29-11-5-10-24(15-29)16-30-21(14-33-24)20(27-28-30)13-26-22(31)18-6-3-2-4-7-18/h2-4,6-9,12H,5,10-11,13-16H2,1H3,(H,26,31). The highest BCUT2D eigenvalue weighted by Crippen LogP contribution is 2.33. The van der Waals surface area contributed by atoms with Crippen molar-refractivity contribution in [2.75, 3.05) is 13.1 Å². The van der Waals surface area contributed by atoms with E-state index < -0.39 is 5.60 Å². The highest BCUT2D eigenvalue weighted by atomic mass is 16.5. The van der Waals surface area contributed by atoms with Crippen molar-refractivity contribution in [2.45, 2.75) is 45.1 Å². The molecule has 1 fully saturated rings. The van der Waals surface area contributed by atoms with Gasteiger partial charge in [0.2, 0.25) is 0 Å². The Kier molecular flexibility index (Phi) is 5.63. The highest BCUT2D eigenvalue weighted by Gasteiger charge is 2.42. The fourth-order valence-corrected chi connectivity index (χ4v) is 4.48. The van der Waals surface area contributed by atoms with Crippen LogP contribution >= 0.6 is 0 Å². The Morgan fingerprint density at radius 3 is 2.76 bits per heavy atom. The molecule has 0 bridgehead atoms. The molecule has 4 heterocycles. The molecule has 1 N–H and O–H groups in total. The molecule has 0 saturated carbocycles. The van der Waals surface area contributed by atoms with Crippen molar-refractivity contribution in [2.24, 2.45) is 0 Å². The summed E-state index contributed by atoms with van der Waals surface area (Å²) >= 11 is 0. The zero-order chi connectivity index (χ0) is 22.8. The van der Waals surface area contributed by atoms with Crippen molar-refractivity contribution < 1.29 is 14.3 Å². The third-order valence-electron chi connectivity index (χ3n) is 6.31. The van der Waals surface area contributed by atoms with Gasteiger partial charge in [0.15, 0.2) is 0 Å². The molecule has 1 unspecified atom stereocenters. The SMILES string of the molecule is Cc1ccc(C(=O)N2CCCC3(C2)Cn2nnc(CNC(=O)c4ccccc4)c2CO3)cn1. The second kappa shape index (κ2) is 8.74. The number of nitrogens with one attached hydrogen (secondary N) is 1. The molecule has 0 radical (unpaired) electrons. The normalized spacial score (nSPS) is 19.8. The summed E-state index contributed by atoms with van der Waals surface area (Å²) in [4.78, 5) is 31.5. The summed E-state index contributed by atoms with van der Waals surface area (Å²) < 4.78 is 8.19. The fourth-order valence-electron chi connectivity index (χ4n) is 4.48. The van der Waals surface area contributed by atoms with Gasteiger partial charge in [-0.2, -0.15) is 0 Å². The van der Waals surface area contributed by atoms with Gasteiger partial charge < -0.3 is 15.0 Å². The van der Waals surface area contributed by atoms with Crippen molar-refractivity contribution in [1.82, 2.24) is 30.2 Å². The van der Waals surface area contributed by atoms with Crippen LogP contribution in [0.3, 0.4) is 0 Å². The molecular weight excluding hydrogens is 420 g/mol. The Morgan fingerprint density at radius 2 is 1.97 bits per heavy atom. The van der Waals surface area contributed by atoms with Crippen molar-refractivity contribution in [3.05, 3.63) is 76.9 Å². The molecule has 3 aromatic rings. The third-order valence-corrected chi connectivity index (χ3v) is 6.31. The average molecular weight is 447 g/mol. The number of nitrogens with zero attached hydrogens (tertiary/aromatic N) is 5. The lowest BCUT2D eigenvalue weighted by Crippen LogP contribution is -2.55. The van der Waals surface area contributed by atoms with Crippen molar-refractivity contribution >= 4 is 11.8 Å². The van der Waals surface area contributed by atoms with E-state index in [4.69, 9.17) is 4.74 Å². The molecule has 1 spiro atoms. The maximum absolute atomic E-state index is 13.0. The first-order valence-corrected chi connectivity index (χ1v) is 11.1. The number of ether oxygens (including phenoxy) is 1. The van der Waals surface area contributed by atoms with E-state index in [0.717, 1.165) is 24.2 Å². The van der Waals surface area contributed by atoms with Crippen LogP contribution in [0.15, 0.2) is 48.7 Å². The number of hydrogen-bond acceptors (Lipinski definition) is 6. The Bertz CT molecular complexity index is 1160. The van der Waals surface area contributed by atoms with Crippen LogP contribution < -0.4 is 5.32 Å². The molecule has 2 aliphatic heterocycles. The zero-order valence-corrected chi connectivity index (χ0v) is 18.5. The zero-order valence-electron chi connectivity index (χ0n) is 18.5. The summed E-state index contributed by atoms with van der Waals surface area (Å²) in [5, 5.41) is 11.5. The lowest BCUT2D eigenvalue weighted by Gasteiger charge is -2.44. The summed E-state index contributed by atoms with van der Waals surface area (Å²) in [6.45, 7) is 4.25. The van der Waals surface area contributed by atoms with Gasteiger partial charge in [-0.25, -0.2) is 4.68 Å². The first kappa shape index (κ1) is 21.3. The van der Waals surface area contributed by atoms with Crippen LogP contribution in [0.5, 0.6) is 0 Å². The molecule has 1 atom stereocenters. The van der Waals surface area contributed by atoms with Gasteiger partial charge in [0.25, 0.3) is 11.8 Å². The van der Waals surface area contributed by atoms with Crippen LogP contribution in [0.4, 0.5) is 0 Å². The molecular formula is C24H26N6O3. The minimum absolute atomic E-state index is 0.0288. The van der Waals surface area contributed by atoms with Gasteiger partial charge in [-0.1, -0.05) is 23.4 Å². The van der Waals surface area contributed by atoms with E-state index in [0.29, 0.717) is 43.1 Å². The number of likely N-dealkylation sites (tertiary alicyclic amines) is 1. The van der Waals surface area contributed by atoms with Gasteiger partial charge in [-0.15, -0.1) is 5.10 Å². The molecule has 2 amide bonds. The Balaban J connectivity index is 1.25. The quantitative estimate of drug-likeness (QED) is 0.659. The smallest absolute Gasteiger partial charge is 0.255 e. The summed E-state index contributed by atoms with van der Waals surface area (Å²) in [6.07, 6.45) is 3.34. The topological polar surface area (TPSA) is 102 Å². The van der Waals surface area contributed by atoms with E-state index in [2.05, 4.69) is 20.6 Å². The third kappa shape index (κ3) is 4.36. The minimum Gasteiger partial charge on any atom is -0.365 e. The Labute approximate surface area is 191 Å². The van der Waals surface area contributed by atoms with Gasteiger partial charge in [0.05, 0.1) is 37.5 Å². The highest BCUT2D eigenvalue weighted by molar-refractivity contribution is 5.94. The number of hydrogen-bond donors (Lipinski definition) is 1. The Hall–Kier alpha value is -3.59. The Morgan fingerprint density at radius 1 is 1.12 bits per heavy atom. The van der Waals surface area contributed by atoms with Crippen LogP contribution in [0.2, 0.25) is 0 Å². The molecule has 9 heteroatoms. The largest absolute Gasteiger partial charge is 0.365 e. The molecule has 0 aliphatic carbocycles. The van der Waals surface area contributed by atoms with Crippen LogP contribution in [0, 0.1) is 6.92 Å². The maximum atomic E-state index is 13.0. The van der Waals surface area contributed by atoms with E-state index in [1.54, 1.807) is 18.3 Å². The molecule has 1 aromatic carbocycles. The van der Waals surface area contributed by atoms with Crippen molar-refractivity contribution in [3.8, 4) is 0 Å². The number of fused-ring (bicyclic) bond motifs is 1. The number of amides is 2. The lowest BCUT2D eigenvalue weighted by atomic mass is 9.91. The molecule has 5 rings (SSSR count). The van der Waals surface area contributed by atoms with E-state index in [1.807, 2.05) is 46.8 Å². The van der Waals surface area contributed by atoms with Crippen molar-refractivity contribution in [3.63, 3.8) is 0 Å². The molecule has 2 aromatic heterocycles. The van der Waals surface area contributed by atoms with Crippen LogP contribution in [0.25, 0.3) is 0 Å². The van der Waals surface area contributed by atoms with Gasteiger partial charge in [0.1, 0.15) is 11.3 Å². The van der Waals surface area contributed by atoms with Gasteiger partial charge in [-0.05, 0) is 44.0 Å². The summed E-state index contributed by atoms with van der Waals surface area (Å²) in [6, 6.07) is 12.7. The number of benzene rings is 1. The van der Waals surface area contributed by atoms with Gasteiger partial charge >= 0.3 is 0 Å². The fraction of sp³-hybridized carbons (Fsp3) is 0.375. The number of pyridine rings is 1. The second-order valence-electron chi connectivity index (χ2n) is 8.68. The predicted molar refractivity (Wildman–Crippen MR) is 119 cm³/mol. The van der Waals surface area contributed by atoms with E-state index in [-0.39, 0.29) is 18.4 Å². The number of carbonyl (C=O) groups excluding carboxylic acids is 2. The van der Waals surface area contributed by atoms with Gasteiger partial charge in [0, 0.05) is 24.0 Å². The van der Waals surface area contributed by atoms with Crippen molar-refractivity contribution in [1.29, 1.82) is 0 Å². The van der Waals surface area contributed by atoms with E-state index in [9.17, 15) is 9.59 Å². The van der Waals surface area contributed by atoms with E-state index >= 15 is 0 Å². The minimum atomic E-state index is -0.489.